The molecule has 176 valence electrons. The lowest BCUT2D eigenvalue weighted by Crippen LogP contribution is -2.48. The predicted octanol–water partition coefficient (Wildman–Crippen LogP) is 2.24. The van der Waals surface area contributed by atoms with Gasteiger partial charge in [0.05, 0.1) is 17.1 Å². The van der Waals surface area contributed by atoms with Crippen molar-refractivity contribution in [1.29, 1.82) is 0 Å². The maximum Gasteiger partial charge on any atom is 0.331 e. The standard InChI is InChI=1S/C21H35N3O6S/c1-20(2,3)19(28)30-13-29-18(27)15-21(4,5)31-16(23-15)14(17(25)26)22-12-24-10-8-6-7-9-11-24/h12,14-16,23H,6-11,13H2,1-5H3,(H,25,26)/t14-,15+,16-/m1/s1. The fourth-order valence-corrected chi connectivity index (χ4v) is 4.87. The minimum Gasteiger partial charge on any atom is -0.480 e. The van der Waals surface area contributed by atoms with E-state index in [1.807, 2.05) is 13.8 Å². The van der Waals surface area contributed by atoms with E-state index in [2.05, 4.69) is 15.2 Å². The first-order valence-electron chi connectivity index (χ1n) is 10.7. The molecular weight excluding hydrogens is 422 g/mol. The number of esters is 2. The summed E-state index contributed by atoms with van der Waals surface area (Å²) in [5.41, 5.74) is -0.696. The molecule has 2 aliphatic heterocycles. The van der Waals surface area contributed by atoms with Gasteiger partial charge in [-0.15, -0.1) is 11.8 Å². The van der Waals surface area contributed by atoms with Crippen LogP contribution in [0.15, 0.2) is 4.99 Å². The molecule has 9 nitrogen and oxygen atoms in total. The molecule has 2 aliphatic rings. The van der Waals surface area contributed by atoms with Crippen molar-refractivity contribution < 1.29 is 29.0 Å². The van der Waals surface area contributed by atoms with Crippen LogP contribution >= 0.6 is 11.8 Å². The topological polar surface area (TPSA) is 118 Å². The van der Waals surface area contributed by atoms with Gasteiger partial charge in [-0.25, -0.2) is 4.79 Å². The van der Waals surface area contributed by atoms with Gasteiger partial charge < -0.3 is 19.5 Å². The first-order valence-corrected chi connectivity index (χ1v) is 11.6. The summed E-state index contributed by atoms with van der Waals surface area (Å²) in [6.45, 7) is 10.1. The summed E-state index contributed by atoms with van der Waals surface area (Å²) in [6, 6.07) is -1.80. The number of carbonyl (C=O) groups excluding carboxylic acids is 2. The molecule has 2 rings (SSSR count). The molecule has 0 aromatic rings. The lowest BCUT2D eigenvalue weighted by Gasteiger charge is -2.23. The molecule has 0 radical (unpaired) electrons. The van der Waals surface area contributed by atoms with Crippen LogP contribution in [0.1, 0.15) is 60.3 Å². The third-order valence-corrected chi connectivity index (χ3v) is 6.76. The lowest BCUT2D eigenvalue weighted by molar-refractivity contribution is -0.174. The zero-order valence-corrected chi connectivity index (χ0v) is 19.9. The number of ether oxygens (including phenoxy) is 2. The van der Waals surface area contributed by atoms with E-state index in [1.54, 1.807) is 27.1 Å². The van der Waals surface area contributed by atoms with E-state index in [1.165, 1.54) is 24.6 Å². The van der Waals surface area contributed by atoms with Crippen LogP contribution in [0.25, 0.3) is 0 Å². The van der Waals surface area contributed by atoms with Crippen molar-refractivity contribution >= 4 is 36.0 Å². The number of aliphatic carboxylic acids is 1. The second-order valence-corrected chi connectivity index (χ2v) is 11.3. The number of nitrogens with one attached hydrogen (secondary N) is 1. The molecule has 31 heavy (non-hydrogen) atoms. The molecule has 0 unspecified atom stereocenters. The summed E-state index contributed by atoms with van der Waals surface area (Å²) in [5.74, 6) is -2.12. The molecule has 0 aromatic carbocycles. The molecule has 2 heterocycles. The maximum absolute atomic E-state index is 12.6. The third kappa shape index (κ3) is 7.38. The van der Waals surface area contributed by atoms with Gasteiger partial charge in [-0.05, 0) is 47.5 Å². The first-order chi connectivity index (χ1) is 14.4. The molecule has 0 aromatic heterocycles. The highest BCUT2D eigenvalue weighted by atomic mass is 32.2. The highest BCUT2D eigenvalue weighted by Crippen LogP contribution is 2.40. The molecule has 10 heteroatoms. The number of rotatable bonds is 7. The van der Waals surface area contributed by atoms with Crippen LogP contribution in [-0.4, -0.2) is 76.3 Å². The largest absolute Gasteiger partial charge is 0.480 e. The van der Waals surface area contributed by atoms with Gasteiger partial charge in [0.1, 0.15) is 6.04 Å². The summed E-state index contributed by atoms with van der Waals surface area (Å²) in [5, 5.41) is 12.2. The van der Waals surface area contributed by atoms with Crippen LogP contribution in [0, 0.1) is 5.41 Å². The summed E-state index contributed by atoms with van der Waals surface area (Å²) < 4.78 is 9.50. The predicted molar refractivity (Wildman–Crippen MR) is 119 cm³/mol. The summed E-state index contributed by atoms with van der Waals surface area (Å²) in [6.07, 6.45) is 6.13. The van der Waals surface area contributed by atoms with Crippen molar-refractivity contribution in [3.63, 3.8) is 0 Å². The monoisotopic (exact) mass is 457 g/mol. The van der Waals surface area contributed by atoms with Gasteiger partial charge in [-0.3, -0.25) is 19.9 Å². The Hall–Kier alpha value is -1.81. The Morgan fingerprint density at radius 1 is 1.19 bits per heavy atom. The zero-order chi connectivity index (χ0) is 23.2. The molecule has 0 spiro atoms. The number of carbonyl (C=O) groups is 3. The Labute approximate surface area is 188 Å². The molecule has 0 amide bonds. The van der Waals surface area contributed by atoms with E-state index in [0.29, 0.717) is 0 Å². The van der Waals surface area contributed by atoms with E-state index >= 15 is 0 Å². The van der Waals surface area contributed by atoms with Crippen LogP contribution in [-0.2, 0) is 23.9 Å². The fourth-order valence-electron chi connectivity index (χ4n) is 3.39. The quantitative estimate of drug-likeness (QED) is 0.257. The van der Waals surface area contributed by atoms with Gasteiger partial charge in [0, 0.05) is 17.8 Å². The average molecular weight is 458 g/mol. The molecule has 2 fully saturated rings. The average Bonchev–Trinajstić information content (AvgIpc) is 2.82. The second-order valence-electron chi connectivity index (χ2n) is 9.50. The van der Waals surface area contributed by atoms with Gasteiger partial charge in [0.15, 0.2) is 6.04 Å². The summed E-state index contributed by atoms with van der Waals surface area (Å²) >= 11 is 1.34. The number of aliphatic imine (C=N–C) groups is 1. The van der Waals surface area contributed by atoms with Gasteiger partial charge in [0.25, 0.3) is 0 Å². The molecule has 0 bridgehead atoms. The van der Waals surface area contributed by atoms with Crippen molar-refractivity contribution in [2.45, 2.75) is 82.5 Å². The van der Waals surface area contributed by atoms with Crippen molar-refractivity contribution in [3.8, 4) is 0 Å². The molecule has 0 aliphatic carbocycles. The Morgan fingerprint density at radius 3 is 2.35 bits per heavy atom. The molecule has 0 saturated carbocycles. The van der Waals surface area contributed by atoms with E-state index in [-0.39, 0.29) is 0 Å². The first kappa shape index (κ1) is 25.5. The van der Waals surface area contributed by atoms with Crippen LogP contribution in [0.3, 0.4) is 0 Å². The highest BCUT2D eigenvalue weighted by molar-refractivity contribution is 8.01. The number of likely N-dealkylation sites (tertiary alicyclic amines) is 1. The maximum atomic E-state index is 12.6. The SMILES string of the molecule is CC(C)(C)C(=O)OCOC(=O)[C@@H]1N[C@@H]([C@@H](N=CN2CCCCCC2)C(=O)O)SC1(C)C. The fraction of sp³-hybridized carbons (Fsp3) is 0.810. The van der Waals surface area contributed by atoms with Gasteiger partial charge in [-0.2, -0.15) is 0 Å². The van der Waals surface area contributed by atoms with E-state index < -0.39 is 52.3 Å². The minimum atomic E-state index is -1.06. The Morgan fingerprint density at radius 2 is 1.81 bits per heavy atom. The third-order valence-electron chi connectivity index (χ3n) is 5.27. The molecule has 2 saturated heterocycles. The Kier molecular flexibility index (Phi) is 8.76. The van der Waals surface area contributed by atoms with Gasteiger partial charge in [0.2, 0.25) is 6.79 Å². The van der Waals surface area contributed by atoms with Crippen molar-refractivity contribution in [3.05, 3.63) is 0 Å². The van der Waals surface area contributed by atoms with Crippen LogP contribution in [0.5, 0.6) is 0 Å². The lowest BCUT2D eigenvalue weighted by atomic mass is 9.98. The van der Waals surface area contributed by atoms with Crippen molar-refractivity contribution in [2.75, 3.05) is 19.9 Å². The zero-order valence-electron chi connectivity index (χ0n) is 19.1. The van der Waals surface area contributed by atoms with Crippen molar-refractivity contribution in [1.82, 2.24) is 10.2 Å². The second kappa shape index (κ2) is 10.7. The molecule has 3 atom stereocenters. The van der Waals surface area contributed by atoms with E-state index in [9.17, 15) is 19.5 Å². The van der Waals surface area contributed by atoms with E-state index in [4.69, 9.17) is 9.47 Å². The number of hydrogen-bond acceptors (Lipinski definition) is 8. The Balaban J connectivity index is 1.98. The van der Waals surface area contributed by atoms with Gasteiger partial charge >= 0.3 is 17.9 Å². The number of carboxylic acid groups (broad SMARTS) is 1. The Bertz CT molecular complexity index is 683. The van der Waals surface area contributed by atoms with Gasteiger partial charge in [-0.1, -0.05) is 12.8 Å². The summed E-state index contributed by atoms with van der Waals surface area (Å²) in [7, 11) is 0. The normalized spacial score (nSPS) is 25.1. The molecule has 2 N–H and O–H groups in total. The smallest absolute Gasteiger partial charge is 0.331 e. The summed E-state index contributed by atoms with van der Waals surface area (Å²) in [4.78, 5) is 42.7. The number of thioether (sulfide) groups is 1. The number of nitrogens with zero attached hydrogens (tertiary/aromatic N) is 2. The number of carboxylic acids is 1. The number of hydrogen-bond donors (Lipinski definition) is 2. The minimum absolute atomic E-state index is 0.472. The van der Waals surface area contributed by atoms with Crippen LogP contribution in [0.2, 0.25) is 0 Å². The van der Waals surface area contributed by atoms with Crippen LogP contribution < -0.4 is 5.32 Å². The molecular formula is C21H35N3O6S. The van der Waals surface area contributed by atoms with Crippen LogP contribution in [0.4, 0.5) is 0 Å². The van der Waals surface area contributed by atoms with E-state index in [0.717, 1.165) is 25.9 Å². The highest BCUT2D eigenvalue weighted by Gasteiger charge is 2.49. The van der Waals surface area contributed by atoms with Crippen molar-refractivity contribution in [2.24, 2.45) is 10.4 Å².